The number of hydrogen-bond donors (Lipinski definition) is 2. The zero-order valence-corrected chi connectivity index (χ0v) is 21.6. The number of fused-ring (bicyclic) bond motifs is 1. The number of halogens is 3. The summed E-state index contributed by atoms with van der Waals surface area (Å²) in [6, 6.07) is 15.8. The lowest BCUT2D eigenvalue weighted by Crippen LogP contribution is -2.65. The van der Waals surface area contributed by atoms with Gasteiger partial charge in [-0.25, -0.2) is 4.79 Å². The average molecular weight is 565 g/mol. The van der Waals surface area contributed by atoms with Gasteiger partial charge in [-0.3, -0.25) is 0 Å². The standard InChI is InChI=1S/C23H24Cl3NO7S/c1-30-14-9-7-13(8-10-14)20-31-11-16-19(34-20)18(28)17(27-22(29)32-12-23(24,25)26)21(33-16)35-15-5-3-2-4-6-15/h2-10,16-21,28H,11-12H2,1H3,(H,27,29)/t16-,17-,18-,19-,20?,21+/m1/s1. The van der Waals surface area contributed by atoms with Crippen molar-refractivity contribution in [3.05, 3.63) is 60.2 Å². The molecule has 0 bridgehead atoms. The summed E-state index contributed by atoms with van der Waals surface area (Å²) in [5.74, 6) is 0.696. The van der Waals surface area contributed by atoms with Crippen LogP contribution < -0.4 is 10.1 Å². The Morgan fingerprint density at radius 1 is 1.14 bits per heavy atom. The van der Waals surface area contributed by atoms with E-state index in [2.05, 4.69) is 5.32 Å². The van der Waals surface area contributed by atoms with Gasteiger partial charge in [0, 0.05) is 10.5 Å². The van der Waals surface area contributed by atoms with Crippen LogP contribution in [0.5, 0.6) is 5.75 Å². The number of alkyl halides is 3. The molecule has 190 valence electrons. The number of methoxy groups -OCH3 is 1. The predicted octanol–water partition coefficient (Wildman–Crippen LogP) is 4.45. The minimum absolute atomic E-state index is 0.189. The predicted molar refractivity (Wildman–Crippen MR) is 132 cm³/mol. The number of ether oxygens (including phenoxy) is 5. The molecule has 2 aliphatic rings. The molecular weight excluding hydrogens is 541 g/mol. The Morgan fingerprint density at radius 2 is 1.86 bits per heavy atom. The molecule has 2 aromatic rings. The number of thioether (sulfide) groups is 1. The average Bonchev–Trinajstić information content (AvgIpc) is 2.85. The largest absolute Gasteiger partial charge is 0.497 e. The first-order valence-corrected chi connectivity index (χ1v) is 12.7. The van der Waals surface area contributed by atoms with Gasteiger partial charge >= 0.3 is 6.09 Å². The quantitative estimate of drug-likeness (QED) is 0.497. The minimum Gasteiger partial charge on any atom is -0.497 e. The van der Waals surface area contributed by atoms with Crippen LogP contribution in [0.15, 0.2) is 59.5 Å². The van der Waals surface area contributed by atoms with E-state index in [1.165, 1.54) is 11.8 Å². The maximum Gasteiger partial charge on any atom is 0.407 e. The maximum absolute atomic E-state index is 12.4. The third-order valence-electron chi connectivity index (χ3n) is 5.40. The number of rotatable bonds is 6. The van der Waals surface area contributed by atoms with Gasteiger partial charge in [-0.05, 0) is 24.3 Å². The van der Waals surface area contributed by atoms with E-state index in [0.29, 0.717) is 5.75 Å². The van der Waals surface area contributed by atoms with Gasteiger partial charge in [0.1, 0.15) is 36.1 Å². The van der Waals surface area contributed by atoms with Crippen molar-refractivity contribution in [2.75, 3.05) is 20.3 Å². The molecule has 12 heteroatoms. The molecule has 1 amide bonds. The van der Waals surface area contributed by atoms with Crippen molar-refractivity contribution >= 4 is 52.7 Å². The fourth-order valence-corrected chi connectivity index (χ4v) is 5.05. The normalized spacial score (nSPS) is 28.6. The van der Waals surface area contributed by atoms with Crippen molar-refractivity contribution in [3.8, 4) is 5.75 Å². The van der Waals surface area contributed by atoms with E-state index in [-0.39, 0.29) is 6.61 Å². The van der Waals surface area contributed by atoms with E-state index in [1.807, 2.05) is 42.5 Å². The number of hydrogen-bond acceptors (Lipinski definition) is 8. The summed E-state index contributed by atoms with van der Waals surface area (Å²) >= 11 is 18.4. The SMILES string of the molecule is COc1ccc(C2OC[C@H]3O[C@@H](Sc4ccccc4)[C@H](NC(=O)OCC(Cl)(Cl)Cl)[C@@H](O)[C@@H]3O2)cc1. The van der Waals surface area contributed by atoms with Crippen molar-refractivity contribution < 1.29 is 33.6 Å². The third-order valence-corrected chi connectivity index (χ3v) is 6.91. The molecule has 6 atom stereocenters. The van der Waals surface area contributed by atoms with Gasteiger partial charge in [-0.2, -0.15) is 0 Å². The molecule has 2 aromatic carbocycles. The van der Waals surface area contributed by atoms with E-state index in [1.54, 1.807) is 19.2 Å². The van der Waals surface area contributed by atoms with Gasteiger partial charge in [-0.1, -0.05) is 76.9 Å². The second kappa shape index (κ2) is 11.7. The Hall–Kier alpha value is -1.43. The van der Waals surface area contributed by atoms with Crippen molar-refractivity contribution in [2.45, 2.75) is 44.8 Å². The second-order valence-electron chi connectivity index (χ2n) is 7.86. The molecule has 0 radical (unpaired) electrons. The van der Waals surface area contributed by atoms with Crippen LogP contribution in [0.25, 0.3) is 0 Å². The number of carbonyl (C=O) groups excluding carboxylic acids is 1. The highest BCUT2D eigenvalue weighted by molar-refractivity contribution is 7.99. The van der Waals surface area contributed by atoms with Crippen molar-refractivity contribution in [2.24, 2.45) is 0 Å². The summed E-state index contributed by atoms with van der Waals surface area (Å²) in [6.07, 6.45) is -4.06. The van der Waals surface area contributed by atoms with Gasteiger partial charge in [0.25, 0.3) is 0 Å². The number of nitrogens with one attached hydrogen (secondary N) is 1. The zero-order chi connectivity index (χ0) is 25.0. The highest BCUT2D eigenvalue weighted by Crippen LogP contribution is 2.39. The van der Waals surface area contributed by atoms with E-state index < -0.39 is 52.6 Å². The fourth-order valence-electron chi connectivity index (χ4n) is 3.73. The lowest BCUT2D eigenvalue weighted by atomic mass is 9.97. The fraction of sp³-hybridized carbons (Fsp3) is 0.435. The summed E-state index contributed by atoms with van der Waals surface area (Å²) in [5, 5.41) is 13.9. The van der Waals surface area contributed by atoms with Gasteiger partial charge in [-0.15, -0.1) is 0 Å². The topological polar surface area (TPSA) is 95.5 Å². The van der Waals surface area contributed by atoms with Crippen LogP contribution in [0.4, 0.5) is 4.79 Å². The molecule has 2 fully saturated rings. The molecule has 0 spiro atoms. The molecule has 2 saturated heterocycles. The van der Waals surface area contributed by atoms with Crippen LogP contribution in [0.1, 0.15) is 11.9 Å². The first-order chi connectivity index (χ1) is 16.7. The van der Waals surface area contributed by atoms with Crippen LogP contribution in [0.3, 0.4) is 0 Å². The molecule has 4 rings (SSSR count). The highest BCUT2D eigenvalue weighted by Gasteiger charge is 2.50. The van der Waals surface area contributed by atoms with Gasteiger partial charge in [0.05, 0.1) is 19.8 Å². The lowest BCUT2D eigenvalue weighted by Gasteiger charge is -2.47. The van der Waals surface area contributed by atoms with Crippen LogP contribution >= 0.6 is 46.6 Å². The molecule has 1 unspecified atom stereocenters. The second-order valence-corrected chi connectivity index (χ2v) is 11.6. The van der Waals surface area contributed by atoms with Gasteiger partial charge < -0.3 is 34.1 Å². The van der Waals surface area contributed by atoms with E-state index >= 15 is 0 Å². The number of alkyl carbamates (subject to hydrolysis) is 1. The first kappa shape index (κ1) is 26.6. The van der Waals surface area contributed by atoms with Crippen LogP contribution in [-0.4, -0.2) is 65.1 Å². The summed E-state index contributed by atoms with van der Waals surface area (Å²) in [4.78, 5) is 13.3. The molecule has 0 saturated carbocycles. The molecule has 8 nitrogen and oxygen atoms in total. The lowest BCUT2D eigenvalue weighted by molar-refractivity contribution is -0.306. The number of amides is 1. The Bertz CT molecular complexity index is 979. The number of benzene rings is 2. The molecule has 2 N–H and O–H groups in total. The van der Waals surface area contributed by atoms with Gasteiger partial charge in [0.15, 0.2) is 6.29 Å². The molecule has 2 heterocycles. The van der Waals surface area contributed by atoms with Crippen molar-refractivity contribution in [1.29, 1.82) is 0 Å². The number of aliphatic hydroxyl groups is 1. The van der Waals surface area contributed by atoms with Crippen LogP contribution in [-0.2, 0) is 18.9 Å². The molecular formula is C23H24Cl3NO7S. The van der Waals surface area contributed by atoms with Gasteiger partial charge in [0.2, 0.25) is 3.79 Å². The van der Waals surface area contributed by atoms with E-state index in [9.17, 15) is 9.90 Å². The summed E-state index contributed by atoms with van der Waals surface area (Å²) < 4.78 is 26.6. The molecule has 0 aromatic heterocycles. The molecule has 0 aliphatic carbocycles. The summed E-state index contributed by atoms with van der Waals surface area (Å²) in [6.45, 7) is -0.270. The highest BCUT2D eigenvalue weighted by atomic mass is 35.6. The number of aliphatic hydroxyl groups excluding tert-OH is 1. The Kier molecular flexibility index (Phi) is 8.94. The smallest absolute Gasteiger partial charge is 0.407 e. The van der Waals surface area contributed by atoms with Crippen molar-refractivity contribution in [1.82, 2.24) is 5.32 Å². The Balaban J connectivity index is 1.50. The summed E-state index contributed by atoms with van der Waals surface area (Å²) in [7, 11) is 1.58. The zero-order valence-electron chi connectivity index (χ0n) is 18.5. The third kappa shape index (κ3) is 7.08. The van der Waals surface area contributed by atoms with Crippen LogP contribution in [0.2, 0.25) is 0 Å². The molecule has 2 aliphatic heterocycles. The maximum atomic E-state index is 12.4. The Labute approximate surface area is 222 Å². The number of carbonyl (C=O) groups is 1. The van der Waals surface area contributed by atoms with E-state index in [4.69, 9.17) is 58.5 Å². The first-order valence-electron chi connectivity index (χ1n) is 10.7. The van der Waals surface area contributed by atoms with Crippen LogP contribution in [0, 0.1) is 0 Å². The molecule has 35 heavy (non-hydrogen) atoms. The monoisotopic (exact) mass is 563 g/mol. The minimum atomic E-state index is -1.77. The summed E-state index contributed by atoms with van der Waals surface area (Å²) in [5.41, 5.74) is 0.0857. The Morgan fingerprint density at radius 3 is 2.51 bits per heavy atom. The van der Waals surface area contributed by atoms with E-state index in [0.717, 1.165) is 10.5 Å². The van der Waals surface area contributed by atoms with Crippen molar-refractivity contribution in [3.63, 3.8) is 0 Å².